The van der Waals surface area contributed by atoms with Crippen molar-refractivity contribution in [3.05, 3.63) is 29.8 Å². The van der Waals surface area contributed by atoms with Crippen molar-refractivity contribution in [1.82, 2.24) is 10.2 Å². The smallest absolute Gasteiger partial charge is 0.253 e. The lowest BCUT2D eigenvalue weighted by Gasteiger charge is -2.22. The Hall–Kier alpha value is -1.88. The third kappa shape index (κ3) is 5.56. The van der Waals surface area contributed by atoms with Crippen LogP contribution in [0.1, 0.15) is 68.1 Å². The number of carbonyl (C=O) groups excluding carboxylic acids is 2. The van der Waals surface area contributed by atoms with E-state index in [0.717, 1.165) is 38.8 Å². The van der Waals surface area contributed by atoms with Gasteiger partial charge in [-0.25, -0.2) is 0 Å². The Kier molecular flexibility index (Phi) is 7.06. The van der Waals surface area contributed by atoms with Gasteiger partial charge in [0.05, 0.1) is 6.54 Å². The summed E-state index contributed by atoms with van der Waals surface area (Å²) in [6.07, 6.45) is 10.7. The Labute approximate surface area is 156 Å². The van der Waals surface area contributed by atoms with Gasteiger partial charge in [0.25, 0.3) is 5.91 Å². The van der Waals surface area contributed by atoms with Crippen LogP contribution in [0.5, 0.6) is 0 Å². The molecule has 1 saturated heterocycles. The molecule has 26 heavy (non-hydrogen) atoms. The third-order valence-electron chi connectivity index (χ3n) is 5.44. The zero-order chi connectivity index (χ0) is 18.2. The number of anilines is 1. The van der Waals surface area contributed by atoms with Crippen molar-refractivity contribution in [3.63, 3.8) is 0 Å². The summed E-state index contributed by atoms with van der Waals surface area (Å²) in [5.41, 5.74) is 1.35. The van der Waals surface area contributed by atoms with Crippen molar-refractivity contribution < 1.29 is 9.59 Å². The van der Waals surface area contributed by atoms with Crippen LogP contribution in [-0.2, 0) is 4.79 Å². The minimum absolute atomic E-state index is 0.0463. The lowest BCUT2D eigenvalue weighted by atomic mass is 9.95. The Morgan fingerprint density at radius 2 is 1.65 bits per heavy atom. The van der Waals surface area contributed by atoms with E-state index in [4.69, 9.17) is 0 Å². The Balaban J connectivity index is 1.52. The van der Waals surface area contributed by atoms with Crippen molar-refractivity contribution in [3.8, 4) is 0 Å². The molecule has 5 heteroatoms. The van der Waals surface area contributed by atoms with Crippen LogP contribution >= 0.6 is 0 Å². The van der Waals surface area contributed by atoms with E-state index in [9.17, 15) is 9.59 Å². The van der Waals surface area contributed by atoms with Gasteiger partial charge in [-0.3, -0.25) is 9.59 Å². The van der Waals surface area contributed by atoms with E-state index in [0.29, 0.717) is 23.8 Å². The molecule has 1 saturated carbocycles. The molecule has 5 nitrogen and oxygen atoms in total. The summed E-state index contributed by atoms with van der Waals surface area (Å²) in [7, 11) is 0. The summed E-state index contributed by atoms with van der Waals surface area (Å²) < 4.78 is 0. The summed E-state index contributed by atoms with van der Waals surface area (Å²) in [5.74, 6) is 0.0262. The predicted octanol–water partition coefficient (Wildman–Crippen LogP) is 3.56. The zero-order valence-corrected chi connectivity index (χ0v) is 15.6. The van der Waals surface area contributed by atoms with Crippen LogP contribution in [-0.4, -0.2) is 42.4 Å². The maximum absolute atomic E-state index is 12.7. The van der Waals surface area contributed by atoms with E-state index in [-0.39, 0.29) is 11.8 Å². The largest absolute Gasteiger partial charge is 0.339 e. The molecule has 2 amide bonds. The van der Waals surface area contributed by atoms with Crippen LogP contribution in [0.25, 0.3) is 0 Å². The first-order valence-electron chi connectivity index (χ1n) is 10.1. The van der Waals surface area contributed by atoms with Gasteiger partial charge >= 0.3 is 0 Å². The van der Waals surface area contributed by atoms with Gasteiger partial charge in [-0.15, -0.1) is 0 Å². The highest BCUT2D eigenvalue weighted by Crippen LogP contribution is 2.18. The molecule has 1 aromatic rings. The highest BCUT2D eigenvalue weighted by molar-refractivity contribution is 5.97. The normalized spacial score (nSPS) is 19.0. The molecule has 1 aliphatic carbocycles. The molecule has 0 atom stereocenters. The summed E-state index contributed by atoms with van der Waals surface area (Å²) >= 11 is 0. The average Bonchev–Trinajstić information content (AvgIpc) is 2.96. The molecule has 2 aliphatic rings. The first-order chi connectivity index (χ1) is 12.7. The van der Waals surface area contributed by atoms with Crippen LogP contribution in [0.15, 0.2) is 24.3 Å². The minimum Gasteiger partial charge on any atom is -0.339 e. The second-order valence-corrected chi connectivity index (χ2v) is 7.55. The zero-order valence-electron chi connectivity index (χ0n) is 15.6. The molecule has 1 heterocycles. The van der Waals surface area contributed by atoms with Gasteiger partial charge in [0.15, 0.2) is 0 Å². The van der Waals surface area contributed by atoms with Gasteiger partial charge < -0.3 is 15.5 Å². The molecule has 0 spiro atoms. The molecular weight excluding hydrogens is 326 g/mol. The van der Waals surface area contributed by atoms with Gasteiger partial charge in [0.1, 0.15) is 0 Å². The maximum atomic E-state index is 12.7. The number of nitrogens with one attached hydrogen (secondary N) is 2. The van der Waals surface area contributed by atoms with Crippen molar-refractivity contribution in [2.45, 2.75) is 63.8 Å². The molecular formula is C21H31N3O2. The number of benzene rings is 1. The summed E-state index contributed by atoms with van der Waals surface area (Å²) in [5, 5.41) is 6.27. The number of hydrogen-bond acceptors (Lipinski definition) is 3. The highest BCUT2D eigenvalue weighted by Gasteiger charge is 2.18. The number of rotatable bonds is 5. The monoisotopic (exact) mass is 357 g/mol. The first kappa shape index (κ1) is 18.9. The average molecular weight is 357 g/mol. The number of likely N-dealkylation sites (tertiary alicyclic amines) is 1. The van der Waals surface area contributed by atoms with Crippen LogP contribution in [0.2, 0.25) is 0 Å². The highest BCUT2D eigenvalue weighted by atomic mass is 16.2. The van der Waals surface area contributed by atoms with Crippen molar-refractivity contribution in [1.29, 1.82) is 0 Å². The van der Waals surface area contributed by atoms with Crippen molar-refractivity contribution >= 4 is 17.5 Å². The van der Waals surface area contributed by atoms with Gasteiger partial charge in [-0.1, -0.05) is 38.2 Å². The molecule has 0 bridgehead atoms. The van der Waals surface area contributed by atoms with E-state index in [1.54, 1.807) is 6.07 Å². The van der Waals surface area contributed by atoms with Crippen LogP contribution in [0.4, 0.5) is 5.69 Å². The fourth-order valence-corrected chi connectivity index (χ4v) is 3.94. The SMILES string of the molecule is O=C(CNC1CCCCC1)Nc1cccc(C(=O)N2CCCCCC2)c1. The van der Waals surface area contributed by atoms with Gasteiger partial charge in [0.2, 0.25) is 5.91 Å². The maximum Gasteiger partial charge on any atom is 0.253 e. The molecule has 0 radical (unpaired) electrons. The molecule has 1 aromatic carbocycles. The molecule has 2 N–H and O–H groups in total. The number of hydrogen-bond donors (Lipinski definition) is 2. The van der Waals surface area contributed by atoms with Crippen LogP contribution in [0.3, 0.4) is 0 Å². The third-order valence-corrected chi connectivity index (χ3v) is 5.44. The van der Waals surface area contributed by atoms with Gasteiger partial charge in [-0.2, -0.15) is 0 Å². The topological polar surface area (TPSA) is 61.4 Å². The van der Waals surface area contributed by atoms with Crippen molar-refractivity contribution in [2.75, 3.05) is 25.0 Å². The quantitative estimate of drug-likeness (QED) is 0.847. The molecule has 1 aliphatic heterocycles. The Morgan fingerprint density at radius 3 is 2.38 bits per heavy atom. The van der Waals surface area contributed by atoms with E-state index >= 15 is 0 Å². The lowest BCUT2D eigenvalue weighted by molar-refractivity contribution is -0.115. The number of carbonyl (C=O) groups is 2. The summed E-state index contributed by atoms with van der Waals surface area (Å²) in [4.78, 5) is 26.9. The fraction of sp³-hybridized carbons (Fsp3) is 0.619. The van der Waals surface area contributed by atoms with Gasteiger partial charge in [0, 0.05) is 30.4 Å². The van der Waals surface area contributed by atoms with Crippen molar-refractivity contribution in [2.24, 2.45) is 0 Å². The molecule has 3 rings (SSSR count). The fourth-order valence-electron chi connectivity index (χ4n) is 3.94. The minimum atomic E-state index is -0.0463. The molecule has 142 valence electrons. The standard InChI is InChI=1S/C21H31N3O2/c25-20(16-22-18-10-4-3-5-11-18)23-19-12-8-9-17(15-19)21(26)24-13-6-1-2-7-14-24/h8-9,12,15,18,22H,1-7,10-11,13-14,16H2,(H,23,25). The summed E-state index contributed by atoms with van der Waals surface area (Å²) in [6, 6.07) is 7.78. The molecule has 2 fully saturated rings. The van der Waals surface area contributed by atoms with Crippen LogP contribution in [0, 0.1) is 0 Å². The molecule has 0 unspecified atom stereocenters. The van der Waals surface area contributed by atoms with Gasteiger partial charge in [-0.05, 0) is 43.9 Å². The van der Waals surface area contributed by atoms with E-state index in [2.05, 4.69) is 10.6 Å². The predicted molar refractivity (Wildman–Crippen MR) is 104 cm³/mol. The first-order valence-corrected chi connectivity index (χ1v) is 10.1. The van der Waals surface area contributed by atoms with E-state index < -0.39 is 0 Å². The number of nitrogens with zero attached hydrogens (tertiary/aromatic N) is 1. The molecule has 0 aromatic heterocycles. The summed E-state index contributed by atoms with van der Waals surface area (Å²) in [6.45, 7) is 2.00. The van der Waals surface area contributed by atoms with Crippen LogP contribution < -0.4 is 10.6 Å². The van der Waals surface area contributed by atoms with E-state index in [1.165, 1.54) is 32.1 Å². The second kappa shape index (κ2) is 9.72. The Bertz CT molecular complexity index is 603. The second-order valence-electron chi connectivity index (χ2n) is 7.55. The Morgan fingerprint density at radius 1 is 0.962 bits per heavy atom. The lowest BCUT2D eigenvalue weighted by Crippen LogP contribution is -2.37. The number of amides is 2. The van der Waals surface area contributed by atoms with E-state index in [1.807, 2.05) is 23.1 Å².